The summed E-state index contributed by atoms with van der Waals surface area (Å²) in [6.45, 7) is 0. The van der Waals surface area contributed by atoms with E-state index in [-0.39, 0.29) is 0 Å². The van der Waals surface area contributed by atoms with Crippen molar-refractivity contribution in [3.05, 3.63) is 57.6 Å². The molecule has 0 atom stereocenters. The summed E-state index contributed by atoms with van der Waals surface area (Å²) in [6.07, 6.45) is 9.93. The molecule has 0 saturated heterocycles. The van der Waals surface area contributed by atoms with E-state index in [2.05, 4.69) is 30.4 Å². The van der Waals surface area contributed by atoms with Crippen LogP contribution in [0.25, 0.3) is 22.4 Å². The van der Waals surface area contributed by atoms with Crippen molar-refractivity contribution in [2.24, 2.45) is 0 Å². The molecule has 1 aliphatic carbocycles. The van der Waals surface area contributed by atoms with E-state index in [0.717, 1.165) is 34.2 Å². The van der Waals surface area contributed by atoms with Gasteiger partial charge in [-0.3, -0.25) is 0 Å². The molecule has 1 aliphatic rings. The van der Waals surface area contributed by atoms with Crippen molar-refractivity contribution in [2.45, 2.75) is 32.1 Å². The molecule has 3 nitrogen and oxygen atoms in total. The van der Waals surface area contributed by atoms with E-state index in [1.807, 2.05) is 18.2 Å². The van der Waals surface area contributed by atoms with Gasteiger partial charge < -0.3 is 5.73 Å². The summed E-state index contributed by atoms with van der Waals surface area (Å²) in [7, 11) is 0. The standard InChI is InChI=1S/C21H19N3S/c22-13-18-20(23)19-16(12-11-14-7-3-1-4-8-14)15-9-5-2-6-10-17(15)24-21(19)25-18/h1,3-4,7-8,11-12H,2,5-6,9-10,23H2/b12-11+. The molecule has 0 saturated carbocycles. The van der Waals surface area contributed by atoms with Gasteiger partial charge in [0.2, 0.25) is 0 Å². The molecule has 4 heteroatoms. The van der Waals surface area contributed by atoms with Crippen LogP contribution in [0.3, 0.4) is 0 Å². The predicted octanol–water partition coefficient (Wildman–Crippen LogP) is 5.19. The number of nitrogens with zero attached hydrogens (tertiary/aromatic N) is 2. The van der Waals surface area contributed by atoms with Gasteiger partial charge in [0.05, 0.1) is 5.69 Å². The maximum Gasteiger partial charge on any atom is 0.130 e. The van der Waals surface area contributed by atoms with Crippen molar-refractivity contribution < 1.29 is 0 Å². The predicted molar refractivity (Wildman–Crippen MR) is 105 cm³/mol. The lowest BCUT2D eigenvalue weighted by Crippen LogP contribution is -2.00. The first-order valence-electron chi connectivity index (χ1n) is 8.65. The third-order valence-electron chi connectivity index (χ3n) is 4.79. The van der Waals surface area contributed by atoms with E-state index >= 15 is 0 Å². The van der Waals surface area contributed by atoms with Crippen molar-refractivity contribution in [2.75, 3.05) is 5.73 Å². The molecule has 0 fully saturated rings. The highest BCUT2D eigenvalue weighted by Crippen LogP contribution is 2.39. The molecule has 25 heavy (non-hydrogen) atoms. The molecule has 3 aromatic rings. The van der Waals surface area contributed by atoms with Crippen molar-refractivity contribution in [1.82, 2.24) is 4.98 Å². The van der Waals surface area contributed by atoms with Crippen LogP contribution in [0.5, 0.6) is 0 Å². The minimum absolute atomic E-state index is 0.567. The second kappa shape index (κ2) is 6.70. The van der Waals surface area contributed by atoms with Crippen LogP contribution in [0.15, 0.2) is 30.3 Å². The number of nitrogens with two attached hydrogens (primary N) is 1. The Morgan fingerprint density at radius 2 is 1.88 bits per heavy atom. The summed E-state index contributed by atoms with van der Waals surface area (Å²) in [5, 5.41) is 10.3. The Balaban J connectivity index is 1.95. The van der Waals surface area contributed by atoms with E-state index in [1.165, 1.54) is 41.9 Å². The van der Waals surface area contributed by atoms with Gasteiger partial charge in [-0.2, -0.15) is 5.26 Å². The minimum Gasteiger partial charge on any atom is -0.396 e. The molecule has 4 rings (SSSR count). The Labute approximate surface area is 151 Å². The van der Waals surface area contributed by atoms with Crippen molar-refractivity contribution in [3.8, 4) is 6.07 Å². The second-order valence-corrected chi connectivity index (χ2v) is 7.39. The number of nitrogen functional groups attached to an aromatic ring is 1. The highest BCUT2D eigenvalue weighted by atomic mass is 32.1. The van der Waals surface area contributed by atoms with Gasteiger partial charge in [-0.15, -0.1) is 11.3 Å². The van der Waals surface area contributed by atoms with Crippen LogP contribution >= 0.6 is 11.3 Å². The Kier molecular flexibility index (Phi) is 4.25. The molecule has 2 aromatic heterocycles. The van der Waals surface area contributed by atoms with E-state index in [1.54, 1.807) is 0 Å². The Morgan fingerprint density at radius 1 is 1.08 bits per heavy atom. The molecule has 0 amide bonds. The summed E-state index contributed by atoms with van der Waals surface area (Å²) in [5.74, 6) is 0. The first kappa shape index (κ1) is 15.9. The van der Waals surface area contributed by atoms with Crippen LogP contribution in [-0.2, 0) is 12.8 Å². The molecule has 0 aliphatic heterocycles. The van der Waals surface area contributed by atoms with Gasteiger partial charge in [-0.05, 0) is 42.4 Å². The Morgan fingerprint density at radius 3 is 2.68 bits per heavy atom. The molecular formula is C21H19N3S. The van der Waals surface area contributed by atoms with Crippen LogP contribution in [0.1, 0.15) is 46.5 Å². The SMILES string of the molecule is N#Cc1sc2nc3c(c(/C=C/c4ccccc4)c2c1N)CCCCC3. The molecule has 0 radical (unpaired) electrons. The zero-order valence-corrected chi connectivity index (χ0v) is 14.8. The summed E-state index contributed by atoms with van der Waals surface area (Å²) >= 11 is 1.41. The van der Waals surface area contributed by atoms with Gasteiger partial charge in [-0.25, -0.2) is 4.98 Å². The second-order valence-electron chi connectivity index (χ2n) is 6.39. The van der Waals surface area contributed by atoms with Crippen molar-refractivity contribution in [1.29, 1.82) is 5.26 Å². The van der Waals surface area contributed by atoms with Gasteiger partial charge in [0.15, 0.2) is 0 Å². The number of anilines is 1. The quantitative estimate of drug-likeness (QED) is 0.650. The summed E-state index contributed by atoms with van der Waals surface area (Å²) in [6, 6.07) is 12.5. The maximum absolute atomic E-state index is 9.36. The molecule has 0 bridgehead atoms. The number of pyridine rings is 1. The Bertz CT molecular complexity index is 994. The number of thiophene rings is 1. The minimum atomic E-state index is 0.567. The number of aromatic nitrogens is 1. The molecule has 2 N–H and O–H groups in total. The van der Waals surface area contributed by atoms with Crippen LogP contribution < -0.4 is 5.73 Å². The van der Waals surface area contributed by atoms with Gasteiger partial charge in [0.1, 0.15) is 15.8 Å². The van der Waals surface area contributed by atoms with Crippen molar-refractivity contribution in [3.63, 3.8) is 0 Å². The highest BCUT2D eigenvalue weighted by Gasteiger charge is 2.20. The van der Waals surface area contributed by atoms with E-state index < -0.39 is 0 Å². The summed E-state index contributed by atoms with van der Waals surface area (Å²) in [4.78, 5) is 6.33. The van der Waals surface area contributed by atoms with E-state index in [4.69, 9.17) is 10.7 Å². The smallest absolute Gasteiger partial charge is 0.130 e. The van der Waals surface area contributed by atoms with Crippen LogP contribution in [-0.4, -0.2) is 4.98 Å². The monoisotopic (exact) mass is 345 g/mol. The molecule has 0 spiro atoms. The average molecular weight is 345 g/mol. The number of fused-ring (bicyclic) bond motifs is 2. The van der Waals surface area contributed by atoms with Crippen LogP contribution in [0, 0.1) is 11.3 Å². The number of hydrogen-bond acceptors (Lipinski definition) is 4. The van der Waals surface area contributed by atoms with Gasteiger partial charge in [0, 0.05) is 11.1 Å². The van der Waals surface area contributed by atoms with Gasteiger partial charge in [0.25, 0.3) is 0 Å². The number of hydrogen-bond donors (Lipinski definition) is 1. The number of aryl methyl sites for hydroxylation is 1. The fourth-order valence-electron chi connectivity index (χ4n) is 3.53. The lowest BCUT2D eigenvalue weighted by Gasteiger charge is -2.11. The Hall–Kier alpha value is -2.64. The molecule has 0 unspecified atom stereocenters. The van der Waals surface area contributed by atoms with Crippen LogP contribution in [0.2, 0.25) is 0 Å². The molecular weight excluding hydrogens is 326 g/mol. The zero-order valence-electron chi connectivity index (χ0n) is 14.0. The largest absolute Gasteiger partial charge is 0.396 e. The number of rotatable bonds is 2. The zero-order chi connectivity index (χ0) is 17.2. The van der Waals surface area contributed by atoms with Crippen molar-refractivity contribution >= 4 is 39.4 Å². The molecule has 124 valence electrons. The van der Waals surface area contributed by atoms with E-state index in [0.29, 0.717) is 10.6 Å². The first-order valence-corrected chi connectivity index (χ1v) is 9.46. The lowest BCUT2D eigenvalue weighted by molar-refractivity contribution is 0.709. The highest BCUT2D eigenvalue weighted by molar-refractivity contribution is 7.19. The lowest BCUT2D eigenvalue weighted by atomic mass is 9.97. The van der Waals surface area contributed by atoms with Gasteiger partial charge >= 0.3 is 0 Å². The summed E-state index contributed by atoms with van der Waals surface area (Å²) in [5.41, 5.74) is 11.7. The third-order valence-corrected chi connectivity index (χ3v) is 5.79. The first-order chi connectivity index (χ1) is 12.3. The number of nitriles is 1. The average Bonchev–Trinajstić information content (AvgIpc) is 2.81. The maximum atomic E-state index is 9.36. The summed E-state index contributed by atoms with van der Waals surface area (Å²) < 4.78 is 0. The van der Waals surface area contributed by atoms with E-state index in [9.17, 15) is 5.26 Å². The fourth-order valence-corrected chi connectivity index (χ4v) is 4.46. The van der Waals surface area contributed by atoms with Gasteiger partial charge in [-0.1, -0.05) is 48.9 Å². The molecule has 2 heterocycles. The fraction of sp³-hybridized carbons (Fsp3) is 0.238. The topological polar surface area (TPSA) is 62.7 Å². The number of benzene rings is 1. The normalized spacial score (nSPS) is 14.4. The van der Waals surface area contributed by atoms with Crippen LogP contribution in [0.4, 0.5) is 5.69 Å². The third kappa shape index (κ3) is 2.92. The molecule has 1 aromatic carbocycles.